The largest absolute Gasteiger partial charge is 0.480 e. The zero-order chi connectivity index (χ0) is 19.6. The van der Waals surface area contributed by atoms with Gasteiger partial charge in [-0.15, -0.1) is 0 Å². The maximum Gasteiger partial charge on any atom is 0.328 e. The van der Waals surface area contributed by atoms with Crippen LogP contribution in [0.4, 0.5) is 0 Å². The smallest absolute Gasteiger partial charge is 0.328 e. The van der Waals surface area contributed by atoms with Gasteiger partial charge >= 0.3 is 5.97 Å². The van der Waals surface area contributed by atoms with Gasteiger partial charge in [-0.1, -0.05) is 6.92 Å². The van der Waals surface area contributed by atoms with Gasteiger partial charge in [0.05, 0.1) is 18.1 Å². The molecule has 0 aliphatic carbocycles. The van der Waals surface area contributed by atoms with E-state index in [-0.39, 0.29) is 30.2 Å². The molecule has 0 spiro atoms. The summed E-state index contributed by atoms with van der Waals surface area (Å²) in [4.78, 5) is 25.4. The Bertz CT molecular complexity index is 808. The second-order valence-corrected chi connectivity index (χ2v) is 9.00. The summed E-state index contributed by atoms with van der Waals surface area (Å²) in [5.74, 6) is -1.24. The van der Waals surface area contributed by atoms with Crippen LogP contribution in [0.5, 0.6) is 0 Å². The van der Waals surface area contributed by atoms with E-state index in [1.54, 1.807) is 0 Å². The number of benzene rings is 1. The molecule has 0 saturated carbocycles. The molecular formula is C18H24N2O6S. The quantitative estimate of drug-likeness (QED) is 0.815. The number of carbonyl (C=O) groups is 2. The van der Waals surface area contributed by atoms with Crippen molar-refractivity contribution in [2.75, 3.05) is 32.8 Å². The van der Waals surface area contributed by atoms with Crippen LogP contribution in [-0.2, 0) is 19.6 Å². The van der Waals surface area contributed by atoms with Crippen molar-refractivity contribution in [1.82, 2.24) is 9.21 Å². The van der Waals surface area contributed by atoms with Gasteiger partial charge in [0.15, 0.2) is 6.04 Å². The third-order valence-electron chi connectivity index (χ3n) is 5.03. The summed E-state index contributed by atoms with van der Waals surface area (Å²) in [5, 5.41) is 9.26. The molecule has 1 N–H and O–H groups in total. The summed E-state index contributed by atoms with van der Waals surface area (Å²) >= 11 is 0. The van der Waals surface area contributed by atoms with Gasteiger partial charge < -0.3 is 14.7 Å². The summed E-state index contributed by atoms with van der Waals surface area (Å²) < 4.78 is 32.2. The van der Waals surface area contributed by atoms with Crippen molar-refractivity contribution in [1.29, 1.82) is 0 Å². The Morgan fingerprint density at radius 3 is 2.52 bits per heavy atom. The molecular weight excluding hydrogens is 372 g/mol. The number of hydrogen-bond donors (Lipinski definition) is 1. The molecule has 1 aromatic rings. The van der Waals surface area contributed by atoms with Gasteiger partial charge in [0.25, 0.3) is 5.91 Å². The van der Waals surface area contributed by atoms with Crippen LogP contribution in [0.3, 0.4) is 0 Å². The van der Waals surface area contributed by atoms with Crippen LogP contribution in [0.2, 0.25) is 0 Å². The number of ether oxygens (including phenoxy) is 1. The highest BCUT2D eigenvalue weighted by atomic mass is 32.2. The number of nitrogens with zero attached hydrogens (tertiary/aromatic N) is 2. The molecule has 3 rings (SSSR count). The first-order chi connectivity index (χ1) is 12.8. The Morgan fingerprint density at radius 2 is 1.89 bits per heavy atom. The number of sulfonamides is 1. The minimum Gasteiger partial charge on any atom is -0.480 e. The van der Waals surface area contributed by atoms with Crippen molar-refractivity contribution in [3.05, 3.63) is 29.8 Å². The summed E-state index contributed by atoms with van der Waals surface area (Å²) in [7, 11) is -3.59. The lowest BCUT2D eigenvalue weighted by Crippen LogP contribution is -2.52. The van der Waals surface area contributed by atoms with Gasteiger partial charge in [0.1, 0.15) is 0 Å². The van der Waals surface area contributed by atoms with E-state index >= 15 is 0 Å². The minimum absolute atomic E-state index is 0.0549. The Balaban J connectivity index is 1.78. The summed E-state index contributed by atoms with van der Waals surface area (Å²) in [5.41, 5.74) is 0.258. The molecule has 2 atom stereocenters. The van der Waals surface area contributed by atoms with Crippen LogP contribution < -0.4 is 0 Å². The van der Waals surface area contributed by atoms with E-state index in [2.05, 4.69) is 0 Å². The molecule has 1 aromatic carbocycles. The van der Waals surface area contributed by atoms with Crippen LogP contribution in [0.25, 0.3) is 0 Å². The lowest BCUT2D eigenvalue weighted by Gasteiger charge is -2.33. The maximum atomic E-state index is 12.8. The second-order valence-electron chi connectivity index (χ2n) is 7.06. The third kappa shape index (κ3) is 4.15. The zero-order valence-corrected chi connectivity index (χ0v) is 16.0. The molecule has 148 valence electrons. The van der Waals surface area contributed by atoms with E-state index in [4.69, 9.17) is 4.74 Å². The molecule has 8 nitrogen and oxygen atoms in total. The van der Waals surface area contributed by atoms with Crippen molar-refractivity contribution in [2.45, 2.75) is 30.7 Å². The van der Waals surface area contributed by atoms with Gasteiger partial charge in [-0.05, 0) is 43.0 Å². The number of carbonyl (C=O) groups excluding carboxylic acids is 1. The SMILES string of the molecule is CC1CCCN(S(=O)(=O)c2ccc(C(=O)N3CCOCC3C(=O)O)cc2)C1. The predicted octanol–water partition coefficient (Wildman–Crippen LogP) is 1.03. The molecule has 9 heteroatoms. The lowest BCUT2D eigenvalue weighted by atomic mass is 10.0. The average molecular weight is 396 g/mol. The second kappa shape index (κ2) is 7.95. The third-order valence-corrected chi connectivity index (χ3v) is 6.91. The number of carboxylic acids is 1. The van der Waals surface area contributed by atoms with E-state index in [0.29, 0.717) is 19.0 Å². The fraction of sp³-hybridized carbons (Fsp3) is 0.556. The first-order valence-electron chi connectivity index (χ1n) is 9.02. The number of rotatable bonds is 4. The van der Waals surface area contributed by atoms with Gasteiger partial charge in [-0.25, -0.2) is 13.2 Å². The van der Waals surface area contributed by atoms with Crippen LogP contribution >= 0.6 is 0 Å². The van der Waals surface area contributed by atoms with Crippen molar-refractivity contribution < 1.29 is 27.9 Å². The van der Waals surface area contributed by atoms with E-state index in [0.717, 1.165) is 12.8 Å². The standard InChI is InChI=1S/C18H24N2O6S/c1-13-3-2-8-19(11-13)27(24,25)15-6-4-14(5-7-15)17(21)20-9-10-26-12-16(20)18(22)23/h4-7,13,16H,2-3,8-12H2,1H3,(H,22,23). The summed E-state index contributed by atoms with van der Waals surface area (Å²) in [6.45, 7) is 3.43. The number of morpholine rings is 1. The Hall–Kier alpha value is -1.97. The summed E-state index contributed by atoms with van der Waals surface area (Å²) in [6, 6.07) is 4.67. The summed E-state index contributed by atoms with van der Waals surface area (Å²) in [6.07, 6.45) is 1.86. The van der Waals surface area contributed by atoms with E-state index in [1.165, 1.54) is 33.5 Å². The van der Waals surface area contributed by atoms with Crippen LogP contribution in [-0.4, -0.2) is 73.5 Å². The number of piperidine rings is 1. The molecule has 0 bridgehead atoms. The predicted molar refractivity (Wildman–Crippen MR) is 96.9 cm³/mol. The first kappa shape index (κ1) is 19.8. The lowest BCUT2D eigenvalue weighted by molar-refractivity contribution is -0.147. The maximum absolute atomic E-state index is 12.8. The average Bonchev–Trinajstić information content (AvgIpc) is 2.67. The molecule has 27 heavy (non-hydrogen) atoms. The molecule has 0 aromatic heterocycles. The molecule has 2 fully saturated rings. The zero-order valence-electron chi connectivity index (χ0n) is 15.2. The number of amides is 1. The van der Waals surface area contributed by atoms with Crippen molar-refractivity contribution in [2.24, 2.45) is 5.92 Å². The fourth-order valence-electron chi connectivity index (χ4n) is 3.50. The molecule has 2 unspecified atom stereocenters. The number of hydrogen-bond acceptors (Lipinski definition) is 5. The molecule has 2 aliphatic rings. The Kier molecular flexibility index (Phi) is 5.83. The highest BCUT2D eigenvalue weighted by molar-refractivity contribution is 7.89. The van der Waals surface area contributed by atoms with Gasteiger partial charge in [0.2, 0.25) is 10.0 Å². The van der Waals surface area contributed by atoms with Crippen LogP contribution in [0, 0.1) is 5.92 Å². The van der Waals surface area contributed by atoms with E-state index in [9.17, 15) is 23.1 Å². The Morgan fingerprint density at radius 1 is 1.19 bits per heavy atom. The van der Waals surface area contributed by atoms with Gasteiger partial charge in [-0.2, -0.15) is 4.31 Å². The highest BCUT2D eigenvalue weighted by Crippen LogP contribution is 2.24. The highest BCUT2D eigenvalue weighted by Gasteiger charge is 2.34. The minimum atomic E-state index is -3.59. The molecule has 2 heterocycles. The normalized spacial score (nSPS) is 24.6. The molecule has 2 aliphatic heterocycles. The monoisotopic (exact) mass is 396 g/mol. The first-order valence-corrected chi connectivity index (χ1v) is 10.5. The van der Waals surface area contributed by atoms with Crippen molar-refractivity contribution in [3.63, 3.8) is 0 Å². The molecule has 1 amide bonds. The van der Waals surface area contributed by atoms with Crippen LogP contribution in [0.15, 0.2) is 29.2 Å². The van der Waals surface area contributed by atoms with Crippen molar-refractivity contribution in [3.8, 4) is 0 Å². The van der Waals surface area contributed by atoms with E-state index < -0.39 is 27.9 Å². The van der Waals surface area contributed by atoms with Gasteiger partial charge in [-0.3, -0.25) is 4.79 Å². The number of aliphatic carboxylic acids is 1. The molecule has 0 radical (unpaired) electrons. The van der Waals surface area contributed by atoms with Crippen LogP contribution in [0.1, 0.15) is 30.1 Å². The topological polar surface area (TPSA) is 104 Å². The van der Waals surface area contributed by atoms with E-state index in [1.807, 2.05) is 6.92 Å². The fourth-order valence-corrected chi connectivity index (χ4v) is 5.10. The number of carboxylic acid groups (broad SMARTS) is 1. The molecule has 2 saturated heterocycles. The van der Waals surface area contributed by atoms with Gasteiger partial charge in [0, 0.05) is 25.2 Å². The van der Waals surface area contributed by atoms with Crippen molar-refractivity contribution >= 4 is 21.9 Å². The Labute approximate surface area is 158 Å².